The van der Waals surface area contributed by atoms with Crippen molar-refractivity contribution in [1.29, 1.82) is 0 Å². The summed E-state index contributed by atoms with van der Waals surface area (Å²) in [6.07, 6.45) is 2.61. The average molecular weight is 281 g/mol. The van der Waals surface area contributed by atoms with Crippen LogP contribution in [0.2, 0.25) is 0 Å². The van der Waals surface area contributed by atoms with Crippen molar-refractivity contribution in [3.63, 3.8) is 0 Å². The molecule has 0 aromatic carbocycles. The first-order valence-electron chi connectivity index (χ1n) is 6.75. The van der Waals surface area contributed by atoms with Gasteiger partial charge in [-0.2, -0.15) is 0 Å². The number of carbonyl (C=O) groups excluding carboxylic acids is 2. The van der Waals surface area contributed by atoms with Crippen molar-refractivity contribution in [2.75, 3.05) is 0 Å². The summed E-state index contributed by atoms with van der Waals surface area (Å²) < 4.78 is 1.91. The molecule has 112 valence electrons. The molecular formula is C13H23N5O2. The molecule has 1 rings (SSSR count). The normalized spacial score (nSPS) is 12.8. The summed E-state index contributed by atoms with van der Waals surface area (Å²) in [6.45, 7) is 9.42. The van der Waals surface area contributed by atoms with Crippen molar-refractivity contribution in [1.82, 2.24) is 25.4 Å². The minimum atomic E-state index is -0.963. The van der Waals surface area contributed by atoms with Crippen LogP contribution < -0.4 is 10.6 Å². The summed E-state index contributed by atoms with van der Waals surface area (Å²) in [5.74, 6) is 0.206. The van der Waals surface area contributed by atoms with E-state index in [-0.39, 0.29) is 17.9 Å². The topological polar surface area (TPSA) is 88.9 Å². The van der Waals surface area contributed by atoms with Crippen LogP contribution in [0.1, 0.15) is 52.9 Å². The summed E-state index contributed by atoms with van der Waals surface area (Å²) >= 11 is 0. The molecule has 0 aliphatic heterocycles. The monoisotopic (exact) mass is 281 g/mol. The zero-order valence-electron chi connectivity index (χ0n) is 12.7. The van der Waals surface area contributed by atoms with E-state index >= 15 is 0 Å². The first kappa shape index (κ1) is 16.1. The predicted octanol–water partition coefficient (Wildman–Crippen LogP) is 0.780. The van der Waals surface area contributed by atoms with Crippen LogP contribution in [0, 0.1) is 0 Å². The summed E-state index contributed by atoms with van der Waals surface area (Å²) in [4.78, 5) is 23.3. The summed E-state index contributed by atoms with van der Waals surface area (Å²) in [5.41, 5.74) is -0.963. The maximum atomic E-state index is 12.2. The molecule has 0 saturated heterocycles. The largest absolute Gasteiger partial charge is 0.344 e. The van der Waals surface area contributed by atoms with Crippen LogP contribution in [0.5, 0.6) is 0 Å². The number of aromatic nitrogens is 3. The summed E-state index contributed by atoms with van der Waals surface area (Å²) in [5, 5.41) is 13.4. The van der Waals surface area contributed by atoms with Gasteiger partial charge in [0.1, 0.15) is 11.9 Å². The second-order valence-corrected chi connectivity index (χ2v) is 5.38. The second kappa shape index (κ2) is 6.49. The van der Waals surface area contributed by atoms with Gasteiger partial charge in [-0.1, -0.05) is 6.92 Å². The fourth-order valence-corrected chi connectivity index (χ4v) is 1.95. The Hall–Kier alpha value is -1.92. The van der Waals surface area contributed by atoms with Crippen molar-refractivity contribution >= 4 is 11.8 Å². The highest BCUT2D eigenvalue weighted by molar-refractivity contribution is 5.90. The fraction of sp³-hybridized carbons (Fsp3) is 0.692. The van der Waals surface area contributed by atoms with Crippen LogP contribution in [-0.2, 0) is 16.1 Å². The third kappa shape index (κ3) is 4.04. The lowest BCUT2D eigenvalue weighted by atomic mass is 10.0. The van der Waals surface area contributed by atoms with E-state index < -0.39 is 5.54 Å². The molecule has 1 aromatic rings. The van der Waals surface area contributed by atoms with E-state index in [4.69, 9.17) is 0 Å². The number of carbonyl (C=O) groups is 2. The number of nitrogens with zero attached hydrogens (tertiary/aromatic N) is 3. The summed E-state index contributed by atoms with van der Waals surface area (Å²) in [7, 11) is 0. The molecule has 0 unspecified atom stereocenters. The van der Waals surface area contributed by atoms with Crippen molar-refractivity contribution < 1.29 is 9.59 Å². The first-order valence-corrected chi connectivity index (χ1v) is 6.75. The molecule has 0 spiro atoms. The van der Waals surface area contributed by atoms with Crippen molar-refractivity contribution in [3.8, 4) is 0 Å². The Balaban J connectivity index is 2.74. The van der Waals surface area contributed by atoms with Crippen LogP contribution in [0.4, 0.5) is 0 Å². The van der Waals surface area contributed by atoms with Gasteiger partial charge >= 0.3 is 0 Å². The highest BCUT2D eigenvalue weighted by Crippen LogP contribution is 2.12. The highest BCUT2D eigenvalue weighted by Gasteiger charge is 2.30. The zero-order chi connectivity index (χ0) is 15.3. The third-order valence-electron chi connectivity index (χ3n) is 2.90. The van der Waals surface area contributed by atoms with E-state index in [1.54, 1.807) is 20.2 Å². The van der Waals surface area contributed by atoms with Gasteiger partial charge < -0.3 is 15.2 Å². The Kier molecular flexibility index (Phi) is 5.24. The number of rotatable bonds is 6. The number of nitrogens with one attached hydrogen (secondary N) is 2. The van der Waals surface area contributed by atoms with Crippen molar-refractivity contribution in [3.05, 3.63) is 12.2 Å². The molecule has 2 N–H and O–H groups in total. The molecule has 0 radical (unpaired) electrons. The van der Waals surface area contributed by atoms with Gasteiger partial charge in [0.15, 0.2) is 5.82 Å². The molecule has 7 heteroatoms. The van der Waals surface area contributed by atoms with Crippen molar-refractivity contribution in [2.24, 2.45) is 0 Å². The fourth-order valence-electron chi connectivity index (χ4n) is 1.95. The predicted molar refractivity (Wildman–Crippen MR) is 74.8 cm³/mol. The van der Waals surface area contributed by atoms with E-state index in [2.05, 4.69) is 27.8 Å². The molecule has 0 bridgehead atoms. The summed E-state index contributed by atoms with van der Waals surface area (Å²) in [6, 6.07) is -0.274. The van der Waals surface area contributed by atoms with Gasteiger partial charge in [0, 0.05) is 13.5 Å². The van der Waals surface area contributed by atoms with Gasteiger partial charge in [0.05, 0.1) is 6.04 Å². The van der Waals surface area contributed by atoms with E-state index in [1.165, 1.54) is 6.92 Å². The van der Waals surface area contributed by atoms with Crippen LogP contribution >= 0.6 is 0 Å². The molecule has 1 atom stereocenters. The van der Waals surface area contributed by atoms with Gasteiger partial charge in [-0.15, -0.1) is 10.2 Å². The molecule has 1 heterocycles. The highest BCUT2D eigenvalue weighted by atomic mass is 16.2. The van der Waals surface area contributed by atoms with E-state index in [1.807, 2.05) is 11.5 Å². The Morgan fingerprint density at radius 1 is 1.45 bits per heavy atom. The standard InChI is InChI=1S/C13H23N5O2/c1-6-7-18-8-14-17-11(18)9(2)15-12(20)13(4,5)16-10(3)19/h8-9H,6-7H2,1-5H3,(H,15,20)(H,16,19)/t9-/m0/s1. The Morgan fingerprint density at radius 2 is 2.10 bits per heavy atom. The van der Waals surface area contributed by atoms with Gasteiger partial charge in [-0.3, -0.25) is 9.59 Å². The zero-order valence-corrected chi connectivity index (χ0v) is 12.7. The lowest BCUT2D eigenvalue weighted by molar-refractivity contribution is -0.132. The lowest BCUT2D eigenvalue weighted by Crippen LogP contribution is -2.54. The van der Waals surface area contributed by atoms with Gasteiger partial charge in [-0.25, -0.2) is 0 Å². The van der Waals surface area contributed by atoms with Gasteiger partial charge in [0.25, 0.3) is 0 Å². The Bertz CT molecular complexity index is 481. The SMILES string of the molecule is CCCn1cnnc1[C@H](C)NC(=O)C(C)(C)NC(C)=O. The van der Waals surface area contributed by atoms with E-state index in [0.29, 0.717) is 5.82 Å². The minimum Gasteiger partial charge on any atom is -0.344 e. The Labute approximate surface area is 119 Å². The second-order valence-electron chi connectivity index (χ2n) is 5.38. The van der Waals surface area contributed by atoms with Crippen molar-refractivity contribution in [2.45, 2.75) is 59.2 Å². The number of aryl methyl sites for hydroxylation is 1. The van der Waals surface area contributed by atoms with Gasteiger partial charge in [0.2, 0.25) is 11.8 Å². The van der Waals surface area contributed by atoms with E-state index in [9.17, 15) is 9.59 Å². The molecule has 1 aromatic heterocycles. The maximum absolute atomic E-state index is 12.2. The minimum absolute atomic E-state index is 0.244. The lowest BCUT2D eigenvalue weighted by Gasteiger charge is -2.26. The number of hydrogen-bond donors (Lipinski definition) is 2. The van der Waals surface area contributed by atoms with Crippen LogP contribution in [-0.4, -0.2) is 32.1 Å². The third-order valence-corrected chi connectivity index (χ3v) is 2.90. The average Bonchev–Trinajstić information content (AvgIpc) is 2.75. The number of hydrogen-bond acceptors (Lipinski definition) is 4. The number of amides is 2. The molecule has 0 aliphatic carbocycles. The molecular weight excluding hydrogens is 258 g/mol. The molecule has 0 saturated carbocycles. The molecule has 7 nitrogen and oxygen atoms in total. The van der Waals surface area contributed by atoms with Crippen LogP contribution in [0.3, 0.4) is 0 Å². The smallest absolute Gasteiger partial charge is 0.245 e. The van der Waals surface area contributed by atoms with Crippen LogP contribution in [0.15, 0.2) is 6.33 Å². The van der Waals surface area contributed by atoms with Gasteiger partial charge in [-0.05, 0) is 27.2 Å². The molecule has 0 aliphatic rings. The molecule has 0 fully saturated rings. The maximum Gasteiger partial charge on any atom is 0.245 e. The molecule has 2 amide bonds. The van der Waals surface area contributed by atoms with Crippen LogP contribution in [0.25, 0.3) is 0 Å². The first-order chi connectivity index (χ1) is 9.27. The Morgan fingerprint density at radius 3 is 2.65 bits per heavy atom. The molecule has 20 heavy (non-hydrogen) atoms. The quantitative estimate of drug-likeness (QED) is 0.806. The van der Waals surface area contributed by atoms with E-state index in [0.717, 1.165) is 13.0 Å².